The predicted octanol–water partition coefficient (Wildman–Crippen LogP) is 5.20. The fourth-order valence-corrected chi connectivity index (χ4v) is 4.96. The number of rotatable bonds is 5. The van der Waals surface area contributed by atoms with Crippen molar-refractivity contribution >= 4 is 23.1 Å². The Balaban J connectivity index is 1.71. The molecule has 0 saturated heterocycles. The van der Waals surface area contributed by atoms with E-state index in [-0.39, 0.29) is 22.3 Å². The van der Waals surface area contributed by atoms with Gasteiger partial charge < -0.3 is 19.9 Å². The van der Waals surface area contributed by atoms with Crippen LogP contribution in [0.1, 0.15) is 36.8 Å². The summed E-state index contributed by atoms with van der Waals surface area (Å²) in [6.07, 6.45) is 2.40. The van der Waals surface area contributed by atoms with Crippen LogP contribution in [0.25, 0.3) is 16.7 Å². The van der Waals surface area contributed by atoms with E-state index in [1.165, 1.54) is 12.1 Å². The maximum atomic E-state index is 14.0. The Morgan fingerprint density at radius 3 is 2.38 bits per heavy atom. The lowest BCUT2D eigenvalue weighted by molar-refractivity contribution is -0.119. The molecule has 2 aromatic rings. The number of hydrogen-bond donors (Lipinski definition) is 2. The summed E-state index contributed by atoms with van der Waals surface area (Å²) in [4.78, 5) is 13.1. The second-order valence-electron chi connectivity index (χ2n) is 8.74. The van der Waals surface area contributed by atoms with Gasteiger partial charge in [0.15, 0.2) is 0 Å². The molecule has 0 unspecified atom stereocenters. The van der Waals surface area contributed by atoms with Crippen molar-refractivity contribution in [3.8, 4) is 11.1 Å². The first-order valence-electron chi connectivity index (χ1n) is 10.6. The zero-order chi connectivity index (χ0) is 23.1. The standard InChI is InChI=1S/C25H27ClFNO4/c1-15-4-5-16(17-6-7-19(26)20(27)13-17)12-18(15)21-22(29)25(28-23(21)30)10-8-24(32-3,9-11-25)14-31-2/h4-7,12-13,29H,8-11,14H2,1-3H3,(H,28,30). The average Bonchev–Trinajstić information content (AvgIpc) is 3.02. The first-order valence-corrected chi connectivity index (χ1v) is 11.0. The fourth-order valence-electron chi connectivity index (χ4n) is 4.85. The quantitative estimate of drug-likeness (QED) is 0.645. The number of methoxy groups -OCH3 is 2. The molecular formula is C25H27ClFNO4. The molecule has 32 heavy (non-hydrogen) atoms. The largest absolute Gasteiger partial charge is 0.509 e. The van der Waals surface area contributed by atoms with Gasteiger partial charge in [0.05, 0.1) is 28.3 Å². The monoisotopic (exact) mass is 459 g/mol. The van der Waals surface area contributed by atoms with E-state index < -0.39 is 17.0 Å². The Morgan fingerprint density at radius 2 is 1.75 bits per heavy atom. The molecule has 1 fully saturated rings. The van der Waals surface area contributed by atoms with Crippen LogP contribution in [0.3, 0.4) is 0 Å². The van der Waals surface area contributed by atoms with Crippen LogP contribution >= 0.6 is 11.6 Å². The highest BCUT2D eigenvalue weighted by atomic mass is 35.5. The van der Waals surface area contributed by atoms with Crippen molar-refractivity contribution in [1.29, 1.82) is 0 Å². The highest BCUT2D eigenvalue weighted by Crippen LogP contribution is 2.46. The molecule has 1 aliphatic heterocycles. The first-order chi connectivity index (χ1) is 15.2. The van der Waals surface area contributed by atoms with Gasteiger partial charge in [-0.2, -0.15) is 0 Å². The molecule has 0 radical (unpaired) electrons. The third-order valence-electron chi connectivity index (χ3n) is 6.88. The molecule has 1 amide bonds. The van der Waals surface area contributed by atoms with Crippen molar-refractivity contribution < 1.29 is 23.8 Å². The topological polar surface area (TPSA) is 67.8 Å². The second-order valence-corrected chi connectivity index (χ2v) is 9.15. The summed E-state index contributed by atoms with van der Waals surface area (Å²) in [6.45, 7) is 2.35. The van der Waals surface area contributed by atoms with Crippen molar-refractivity contribution in [2.24, 2.45) is 0 Å². The number of aliphatic hydroxyl groups is 1. The Bertz CT molecular complexity index is 1090. The van der Waals surface area contributed by atoms with Gasteiger partial charge in [0.2, 0.25) is 0 Å². The van der Waals surface area contributed by atoms with E-state index in [4.69, 9.17) is 21.1 Å². The number of nitrogens with one attached hydrogen (secondary N) is 1. The molecule has 4 rings (SSSR count). The highest BCUT2D eigenvalue weighted by molar-refractivity contribution is 6.30. The summed E-state index contributed by atoms with van der Waals surface area (Å²) in [5, 5.41) is 14.4. The number of carbonyl (C=O) groups is 1. The number of hydrogen-bond acceptors (Lipinski definition) is 4. The van der Waals surface area contributed by atoms with Crippen LogP contribution in [-0.2, 0) is 14.3 Å². The smallest absolute Gasteiger partial charge is 0.256 e. The van der Waals surface area contributed by atoms with Crippen molar-refractivity contribution in [2.75, 3.05) is 20.8 Å². The molecule has 0 atom stereocenters. The Kier molecular flexibility index (Phi) is 6.05. The van der Waals surface area contributed by atoms with Gasteiger partial charge in [-0.3, -0.25) is 4.79 Å². The number of ether oxygens (including phenoxy) is 2. The van der Waals surface area contributed by atoms with E-state index in [1.807, 2.05) is 25.1 Å². The van der Waals surface area contributed by atoms with Crippen molar-refractivity contribution in [1.82, 2.24) is 5.32 Å². The molecule has 2 N–H and O–H groups in total. The van der Waals surface area contributed by atoms with Crippen LogP contribution in [0, 0.1) is 12.7 Å². The Labute approximate surface area is 192 Å². The number of amides is 1. The molecule has 7 heteroatoms. The first kappa shape index (κ1) is 22.8. The van der Waals surface area contributed by atoms with E-state index in [1.54, 1.807) is 20.3 Å². The highest BCUT2D eigenvalue weighted by Gasteiger charge is 2.51. The van der Waals surface area contributed by atoms with Crippen LogP contribution in [0.4, 0.5) is 4.39 Å². The molecule has 170 valence electrons. The van der Waals surface area contributed by atoms with Crippen molar-refractivity contribution in [2.45, 2.75) is 43.7 Å². The van der Waals surface area contributed by atoms with Gasteiger partial charge in [-0.1, -0.05) is 29.8 Å². The summed E-state index contributed by atoms with van der Waals surface area (Å²) >= 11 is 5.81. The molecule has 1 spiro atoms. The molecule has 2 aliphatic rings. The van der Waals surface area contributed by atoms with E-state index in [0.29, 0.717) is 43.4 Å². The molecule has 1 saturated carbocycles. The summed E-state index contributed by atoms with van der Waals surface area (Å²) in [6, 6.07) is 10.1. The van der Waals surface area contributed by atoms with E-state index >= 15 is 0 Å². The van der Waals surface area contributed by atoms with Gasteiger partial charge in [0, 0.05) is 14.2 Å². The molecule has 1 aliphatic carbocycles. The normalized spacial score (nSPS) is 25.5. The lowest BCUT2D eigenvalue weighted by Crippen LogP contribution is -2.53. The number of aliphatic hydroxyl groups excluding tert-OH is 1. The van der Waals surface area contributed by atoms with Crippen molar-refractivity contribution in [3.05, 3.63) is 64.1 Å². The SMILES string of the molecule is COCC1(OC)CCC2(CC1)NC(=O)C(c1cc(-c3ccc(Cl)c(F)c3)ccc1C)=C2O. The lowest BCUT2D eigenvalue weighted by atomic mass is 9.73. The third-order valence-corrected chi connectivity index (χ3v) is 7.19. The Hall–Kier alpha value is -2.41. The van der Waals surface area contributed by atoms with Gasteiger partial charge >= 0.3 is 0 Å². The van der Waals surface area contributed by atoms with Crippen LogP contribution in [-0.4, -0.2) is 43.0 Å². The number of halogens is 2. The van der Waals surface area contributed by atoms with E-state index in [0.717, 1.165) is 11.1 Å². The molecule has 5 nitrogen and oxygen atoms in total. The maximum absolute atomic E-state index is 14.0. The van der Waals surface area contributed by atoms with E-state index in [2.05, 4.69) is 5.32 Å². The number of carbonyl (C=O) groups excluding carboxylic acids is 1. The lowest BCUT2D eigenvalue weighted by Gasteiger charge is -2.43. The zero-order valence-corrected chi connectivity index (χ0v) is 19.2. The number of aryl methyl sites for hydroxylation is 1. The van der Waals surface area contributed by atoms with E-state index in [9.17, 15) is 14.3 Å². The number of benzene rings is 2. The molecular weight excluding hydrogens is 433 g/mol. The van der Waals surface area contributed by atoms with Gasteiger partial charge in [-0.25, -0.2) is 4.39 Å². The summed E-state index contributed by atoms with van der Waals surface area (Å²) in [5.74, 6) is -0.750. The molecule has 0 aromatic heterocycles. The maximum Gasteiger partial charge on any atom is 0.256 e. The van der Waals surface area contributed by atoms with Crippen LogP contribution in [0.2, 0.25) is 5.02 Å². The summed E-state index contributed by atoms with van der Waals surface area (Å²) < 4.78 is 25.0. The van der Waals surface area contributed by atoms with Gasteiger partial charge in [0.1, 0.15) is 11.6 Å². The van der Waals surface area contributed by atoms with Crippen LogP contribution in [0.5, 0.6) is 0 Å². The minimum atomic E-state index is -0.809. The summed E-state index contributed by atoms with van der Waals surface area (Å²) in [7, 11) is 3.31. The van der Waals surface area contributed by atoms with Gasteiger partial charge in [-0.05, 0) is 73.1 Å². The summed E-state index contributed by atoms with van der Waals surface area (Å²) in [5.41, 5.74) is 1.90. The van der Waals surface area contributed by atoms with Gasteiger partial charge in [0.25, 0.3) is 5.91 Å². The molecule has 2 aromatic carbocycles. The third kappa shape index (κ3) is 3.81. The predicted molar refractivity (Wildman–Crippen MR) is 122 cm³/mol. The zero-order valence-electron chi connectivity index (χ0n) is 18.4. The average molecular weight is 460 g/mol. The van der Waals surface area contributed by atoms with Crippen LogP contribution in [0.15, 0.2) is 42.2 Å². The fraction of sp³-hybridized carbons (Fsp3) is 0.400. The minimum Gasteiger partial charge on any atom is -0.509 e. The van der Waals surface area contributed by atoms with Gasteiger partial charge in [-0.15, -0.1) is 0 Å². The molecule has 0 bridgehead atoms. The van der Waals surface area contributed by atoms with Crippen molar-refractivity contribution in [3.63, 3.8) is 0 Å². The minimum absolute atomic E-state index is 0.0523. The Morgan fingerprint density at radius 1 is 1.09 bits per heavy atom. The molecule has 1 heterocycles. The second kappa shape index (κ2) is 8.50. The van der Waals surface area contributed by atoms with Crippen LogP contribution < -0.4 is 5.32 Å².